The van der Waals surface area contributed by atoms with E-state index in [0.29, 0.717) is 13.1 Å². The van der Waals surface area contributed by atoms with Crippen molar-refractivity contribution < 1.29 is 13.2 Å². The van der Waals surface area contributed by atoms with Crippen molar-refractivity contribution in [3.63, 3.8) is 0 Å². The zero-order chi connectivity index (χ0) is 16.0. The summed E-state index contributed by atoms with van der Waals surface area (Å²) >= 11 is 5.97. The van der Waals surface area contributed by atoms with Crippen molar-refractivity contribution in [2.24, 2.45) is 0 Å². The summed E-state index contributed by atoms with van der Waals surface area (Å²) in [7, 11) is -3.62. The minimum absolute atomic E-state index is 0.0550. The molecule has 0 aliphatic carbocycles. The number of amides is 1. The molecular formula is C14H19ClN2O3S. The molecule has 0 fully saturated rings. The Morgan fingerprint density at radius 2 is 2.00 bits per heavy atom. The molecule has 0 atom stereocenters. The van der Waals surface area contributed by atoms with Crippen LogP contribution in [0.5, 0.6) is 0 Å². The molecule has 116 valence electrons. The van der Waals surface area contributed by atoms with E-state index in [1.54, 1.807) is 13.8 Å². The number of halogens is 1. The van der Waals surface area contributed by atoms with Crippen LogP contribution in [-0.2, 0) is 10.0 Å². The van der Waals surface area contributed by atoms with Crippen LogP contribution in [0.15, 0.2) is 35.7 Å². The van der Waals surface area contributed by atoms with Gasteiger partial charge in [0.1, 0.15) is 0 Å². The summed E-state index contributed by atoms with van der Waals surface area (Å²) in [6.45, 7) is 8.02. The molecule has 0 saturated carbocycles. The first kappa shape index (κ1) is 17.7. The summed E-state index contributed by atoms with van der Waals surface area (Å²) in [6, 6.07) is 4.12. The number of rotatable bonds is 7. The van der Waals surface area contributed by atoms with Crippen LogP contribution in [0.2, 0.25) is 5.02 Å². The van der Waals surface area contributed by atoms with Crippen LogP contribution in [0.25, 0.3) is 0 Å². The lowest BCUT2D eigenvalue weighted by Gasteiger charge is -2.19. The second-order valence-electron chi connectivity index (χ2n) is 4.23. The van der Waals surface area contributed by atoms with Crippen LogP contribution in [0.1, 0.15) is 24.2 Å². The third-order valence-electron chi connectivity index (χ3n) is 2.93. The van der Waals surface area contributed by atoms with E-state index in [9.17, 15) is 13.2 Å². The smallest absolute Gasteiger partial charge is 0.253 e. The van der Waals surface area contributed by atoms with Crippen molar-refractivity contribution in [1.82, 2.24) is 9.62 Å². The van der Waals surface area contributed by atoms with E-state index >= 15 is 0 Å². The molecule has 0 aliphatic heterocycles. The highest BCUT2D eigenvalue weighted by molar-refractivity contribution is 7.89. The Hall–Kier alpha value is -1.37. The highest BCUT2D eigenvalue weighted by atomic mass is 35.5. The van der Waals surface area contributed by atoms with Crippen LogP contribution in [0.4, 0.5) is 0 Å². The second kappa shape index (κ2) is 7.59. The largest absolute Gasteiger partial charge is 0.349 e. The lowest BCUT2D eigenvalue weighted by atomic mass is 10.2. The van der Waals surface area contributed by atoms with E-state index in [1.807, 2.05) is 0 Å². The van der Waals surface area contributed by atoms with Gasteiger partial charge in [-0.15, -0.1) is 6.58 Å². The normalized spacial score (nSPS) is 11.4. The van der Waals surface area contributed by atoms with Crippen LogP contribution >= 0.6 is 11.6 Å². The topological polar surface area (TPSA) is 66.5 Å². The van der Waals surface area contributed by atoms with E-state index < -0.39 is 15.9 Å². The molecule has 0 heterocycles. The summed E-state index contributed by atoms with van der Waals surface area (Å²) in [5, 5.41) is 2.78. The number of carbonyl (C=O) groups excluding carboxylic acids is 1. The van der Waals surface area contributed by atoms with Crippen molar-refractivity contribution in [3.8, 4) is 0 Å². The molecule has 21 heavy (non-hydrogen) atoms. The Labute approximate surface area is 130 Å². The summed E-state index contributed by atoms with van der Waals surface area (Å²) in [4.78, 5) is 12.0. The number of nitrogens with zero attached hydrogens (tertiary/aromatic N) is 1. The van der Waals surface area contributed by atoms with Gasteiger partial charge in [-0.2, -0.15) is 4.31 Å². The fraction of sp³-hybridized carbons (Fsp3) is 0.357. The fourth-order valence-electron chi connectivity index (χ4n) is 1.81. The Morgan fingerprint density at radius 3 is 2.52 bits per heavy atom. The number of sulfonamides is 1. The number of benzene rings is 1. The second-order valence-corrected chi connectivity index (χ2v) is 6.57. The van der Waals surface area contributed by atoms with Gasteiger partial charge >= 0.3 is 0 Å². The summed E-state index contributed by atoms with van der Waals surface area (Å²) in [5.74, 6) is -0.434. The maximum atomic E-state index is 12.4. The van der Waals surface area contributed by atoms with Crippen LogP contribution in [0.3, 0.4) is 0 Å². The molecule has 0 saturated heterocycles. The Kier molecular flexibility index (Phi) is 6.39. The minimum atomic E-state index is -3.62. The zero-order valence-corrected chi connectivity index (χ0v) is 13.7. The van der Waals surface area contributed by atoms with Crippen LogP contribution < -0.4 is 5.32 Å². The van der Waals surface area contributed by atoms with Gasteiger partial charge in [-0.1, -0.05) is 31.5 Å². The molecule has 0 unspecified atom stereocenters. The highest BCUT2D eigenvalue weighted by Gasteiger charge is 2.23. The summed E-state index contributed by atoms with van der Waals surface area (Å²) < 4.78 is 26.2. The van der Waals surface area contributed by atoms with Gasteiger partial charge in [0.15, 0.2) is 0 Å². The first-order valence-corrected chi connectivity index (χ1v) is 8.39. The third kappa shape index (κ3) is 4.06. The summed E-state index contributed by atoms with van der Waals surface area (Å²) in [5.41, 5.74) is 0.131. The molecule has 0 spiro atoms. The zero-order valence-electron chi connectivity index (χ0n) is 12.1. The summed E-state index contributed by atoms with van der Waals surface area (Å²) in [6.07, 6.45) is 1.53. The van der Waals surface area contributed by atoms with E-state index in [0.717, 1.165) is 0 Å². The van der Waals surface area contributed by atoms with E-state index in [-0.39, 0.29) is 22.0 Å². The van der Waals surface area contributed by atoms with Gasteiger partial charge in [0.25, 0.3) is 5.91 Å². The monoisotopic (exact) mass is 330 g/mol. The predicted molar refractivity (Wildman–Crippen MR) is 84.1 cm³/mol. The average molecular weight is 331 g/mol. The molecule has 0 radical (unpaired) electrons. The van der Waals surface area contributed by atoms with Gasteiger partial charge in [-0.3, -0.25) is 4.79 Å². The molecule has 1 rings (SSSR count). The van der Waals surface area contributed by atoms with E-state index in [4.69, 9.17) is 11.6 Å². The van der Waals surface area contributed by atoms with Gasteiger partial charge < -0.3 is 5.32 Å². The van der Waals surface area contributed by atoms with Crippen LogP contribution in [-0.4, -0.2) is 38.3 Å². The first-order chi connectivity index (χ1) is 9.88. The predicted octanol–water partition coefficient (Wildman–Crippen LogP) is 2.29. The number of hydrogen-bond acceptors (Lipinski definition) is 3. The quantitative estimate of drug-likeness (QED) is 0.780. The average Bonchev–Trinajstić information content (AvgIpc) is 2.46. The number of nitrogens with one attached hydrogen (secondary N) is 1. The van der Waals surface area contributed by atoms with Gasteiger partial charge in [0, 0.05) is 19.6 Å². The SMILES string of the molecule is C=CCNC(=O)c1cc(S(=O)(=O)N(CC)CC)ccc1Cl. The molecule has 0 aromatic heterocycles. The maximum Gasteiger partial charge on any atom is 0.253 e. The molecule has 1 amide bonds. The van der Waals surface area contributed by atoms with Gasteiger partial charge in [-0.05, 0) is 18.2 Å². The Balaban J connectivity index is 3.23. The highest BCUT2D eigenvalue weighted by Crippen LogP contribution is 2.23. The molecule has 7 heteroatoms. The van der Waals surface area contributed by atoms with Crippen molar-refractivity contribution in [2.45, 2.75) is 18.7 Å². The van der Waals surface area contributed by atoms with Crippen molar-refractivity contribution in [1.29, 1.82) is 0 Å². The lowest BCUT2D eigenvalue weighted by Crippen LogP contribution is -2.31. The Morgan fingerprint density at radius 1 is 1.38 bits per heavy atom. The maximum absolute atomic E-state index is 12.4. The van der Waals surface area contributed by atoms with Crippen molar-refractivity contribution in [3.05, 3.63) is 41.4 Å². The number of hydrogen-bond donors (Lipinski definition) is 1. The van der Waals surface area contributed by atoms with Gasteiger partial charge in [0.05, 0.1) is 15.5 Å². The first-order valence-electron chi connectivity index (χ1n) is 6.57. The molecule has 1 N–H and O–H groups in total. The molecule has 1 aromatic rings. The minimum Gasteiger partial charge on any atom is -0.349 e. The lowest BCUT2D eigenvalue weighted by molar-refractivity contribution is 0.0958. The van der Waals surface area contributed by atoms with Crippen molar-refractivity contribution in [2.75, 3.05) is 19.6 Å². The Bertz CT molecular complexity index is 625. The number of carbonyl (C=O) groups is 1. The van der Waals surface area contributed by atoms with E-state index in [1.165, 1.54) is 28.6 Å². The molecule has 5 nitrogen and oxygen atoms in total. The molecule has 0 bridgehead atoms. The van der Waals surface area contributed by atoms with Crippen LogP contribution in [0, 0.1) is 0 Å². The van der Waals surface area contributed by atoms with Gasteiger partial charge in [-0.25, -0.2) is 8.42 Å². The fourth-order valence-corrected chi connectivity index (χ4v) is 3.50. The third-order valence-corrected chi connectivity index (χ3v) is 5.31. The standard InChI is InChI=1S/C14H19ClN2O3S/c1-4-9-16-14(18)12-10-11(7-8-13(12)15)21(19,20)17(5-2)6-3/h4,7-8,10H,1,5-6,9H2,2-3H3,(H,16,18). The van der Waals surface area contributed by atoms with E-state index in [2.05, 4.69) is 11.9 Å². The van der Waals surface area contributed by atoms with Gasteiger partial charge in [0.2, 0.25) is 10.0 Å². The molecular weight excluding hydrogens is 312 g/mol. The van der Waals surface area contributed by atoms with Crippen molar-refractivity contribution >= 4 is 27.5 Å². The molecule has 0 aliphatic rings. The molecule has 1 aromatic carbocycles.